The van der Waals surface area contributed by atoms with Gasteiger partial charge in [-0.15, -0.1) is 0 Å². The molecular weight excluding hydrogens is 304 g/mol. The number of thiocarbonyl (C=S) groups is 1. The minimum Gasteiger partial charge on any atom is -0.497 e. The molecule has 0 aliphatic heterocycles. The second-order valence-electron chi connectivity index (χ2n) is 4.64. The average molecular weight is 321 g/mol. The van der Waals surface area contributed by atoms with Crippen LogP contribution in [0.4, 0.5) is 5.69 Å². The van der Waals surface area contributed by atoms with Gasteiger partial charge in [0.05, 0.1) is 7.11 Å². The number of hydrogen-bond acceptors (Lipinski definition) is 2. The highest BCUT2D eigenvalue weighted by atomic mass is 35.5. The van der Waals surface area contributed by atoms with E-state index in [1.807, 2.05) is 60.5 Å². The number of ether oxygens (including phenoxy) is 1. The number of halogens is 1. The van der Waals surface area contributed by atoms with Gasteiger partial charge in [-0.2, -0.15) is 0 Å². The quantitative estimate of drug-likeness (QED) is 0.854. The molecule has 0 amide bonds. The smallest absolute Gasteiger partial charge is 0.173 e. The van der Waals surface area contributed by atoms with Crippen molar-refractivity contribution in [2.75, 3.05) is 19.5 Å². The van der Waals surface area contributed by atoms with Gasteiger partial charge in [-0.1, -0.05) is 23.7 Å². The monoisotopic (exact) mass is 320 g/mol. The van der Waals surface area contributed by atoms with Crippen LogP contribution in [0.15, 0.2) is 48.5 Å². The molecule has 0 fully saturated rings. The number of methoxy groups -OCH3 is 1. The molecule has 0 spiro atoms. The zero-order valence-corrected chi connectivity index (χ0v) is 13.5. The van der Waals surface area contributed by atoms with Gasteiger partial charge in [0.15, 0.2) is 5.11 Å². The van der Waals surface area contributed by atoms with Crippen LogP contribution in [0.1, 0.15) is 5.56 Å². The lowest BCUT2D eigenvalue weighted by atomic mass is 10.2. The Morgan fingerprint density at radius 3 is 2.33 bits per heavy atom. The van der Waals surface area contributed by atoms with E-state index < -0.39 is 0 Å². The van der Waals surface area contributed by atoms with Gasteiger partial charge in [0.2, 0.25) is 0 Å². The first kappa shape index (κ1) is 15.6. The molecule has 0 aliphatic rings. The summed E-state index contributed by atoms with van der Waals surface area (Å²) in [5.74, 6) is 0.820. The van der Waals surface area contributed by atoms with Gasteiger partial charge < -0.3 is 15.0 Å². The lowest BCUT2D eigenvalue weighted by Crippen LogP contribution is -2.30. The summed E-state index contributed by atoms with van der Waals surface area (Å²) in [5.41, 5.74) is 2.09. The van der Waals surface area contributed by atoms with Crippen LogP contribution in [0.2, 0.25) is 5.02 Å². The Morgan fingerprint density at radius 1 is 1.14 bits per heavy atom. The Hall–Kier alpha value is -1.78. The number of benzene rings is 2. The second kappa shape index (κ2) is 7.29. The fraction of sp³-hybridized carbons (Fsp3) is 0.188. The summed E-state index contributed by atoms with van der Waals surface area (Å²) in [7, 11) is 3.60. The predicted molar refractivity (Wildman–Crippen MR) is 92.1 cm³/mol. The lowest BCUT2D eigenvalue weighted by molar-refractivity contribution is 0.415. The van der Waals surface area contributed by atoms with E-state index in [0.717, 1.165) is 28.6 Å². The molecule has 0 unspecified atom stereocenters. The van der Waals surface area contributed by atoms with Crippen molar-refractivity contribution < 1.29 is 4.74 Å². The molecule has 5 heteroatoms. The van der Waals surface area contributed by atoms with Crippen molar-refractivity contribution >= 4 is 34.6 Å². The normalized spacial score (nSPS) is 10.0. The number of hydrogen-bond donors (Lipinski definition) is 1. The Morgan fingerprint density at radius 2 is 1.76 bits per heavy atom. The van der Waals surface area contributed by atoms with E-state index in [0.29, 0.717) is 5.11 Å². The van der Waals surface area contributed by atoms with Gasteiger partial charge in [-0.25, -0.2) is 0 Å². The van der Waals surface area contributed by atoms with Crippen molar-refractivity contribution in [2.45, 2.75) is 6.54 Å². The number of rotatable bonds is 4. The zero-order chi connectivity index (χ0) is 15.2. The van der Waals surface area contributed by atoms with E-state index >= 15 is 0 Å². The summed E-state index contributed by atoms with van der Waals surface area (Å²) in [6.07, 6.45) is 0. The Balaban J connectivity index is 1.93. The van der Waals surface area contributed by atoms with Crippen LogP contribution < -0.4 is 10.1 Å². The van der Waals surface area contributed by atoms with Gasteiger partial charge in [0.1, 0.15) is 5.75 Å². The molecule has 2 aromatic rings. The standard InChI is InChI=1S/C16H17ClN2OS/c1-19(11-12-3-5-13(17)6-4-12)16(21)18-14-7-9-15(20-2)10-8-14/h3-10H,11H2,1-2H3,(H,18,21). The third-order valence-electron chi connectivity index (χ3n) is 3.02. The molecule has 0 radical (unpaired) electrons. The van der Waals surface area contributed by atoms with Gasteiger partial charge in [-0.05, 0) is 54.2 Å². The predicted octanol–water partition coefficient (Wildman–Crippen LogP) is 4.18. The highest BCUT2D eigenvalue weighted by Crippen LogP contribution is 2.16. The lowest BCUT2D eigenvalue weighted by Gasteiger charge is -2.21. The van der Waals surface area contributed by atoms with Crippen molar-refractivity contribution in [1.29, 1.82) is 0 Å². The van der Waals surface area contributed by atoms with Gasteiger partial charge in [0, 0.05) is 24.3 Å². The van der Waals surface area contributed by atoms with Gasteiger partial charge in [-0.3, -0.25) is 0 Å². The fourth-order valence-electron chi connectivity index (χ4n) is 1.83. The molecule has 0 saturated heterocycles. The molecular formula is C16H17ClN2OS. The first-order valence-corrected chi connectivity index (χ1v) is 7.28. The van der Waals surface area contributed by atoms with Crippen molar-refractivity contribution in [3.8, 4) is 5.75 Å². The number of nitrogens with one attached hydrogen (secondary N) is 1. The summed E-state index contributed by atoms with van der Waals surface area (Å²) in [6.45, 7) is 0.721. The van der Waals surface area contributed by atoms with Gasteiger partial charge >= 0.3 is 0 Å². The average Bonchev–Trinajstić information content (AvgIpc) is 2.50. The Kier molecular flexibility index (Phi) is 5.42. The van der Waals surface area contributed by atoms with E-state index in [1.54, 1.807) is 7.11 Å². The third-order valence-corrected chi connectivity index (χ3v) is 3.69. The molecule has 110 valence electrons. The van der Waals surface area contributed by atoms with E-state index in [2.05, 4.69) is 5.32 Å². The SMILES string of the molecule is COc1ccc(NC(=S)N(C)Cc2ccc(Cl)cc2)cc1. The minimum absolute atomic E-state index is 0.662. The van der Waals surface area contributed by atoms with Crippen molar-refractivity contribution in [3.63, 3.8) is 0 Å². The molecule has 1 N–H and O–H groups in total. The second-order valence-corrected chi connectivity index (χ2v) is 5.46. The molecule has 3 nitrogen and oxygen atoms in total. The summed E-state index contributed by atoms with van der Waals surface area (Å²) in [4.78, 5) is 1.98. The van der Waals surface area contributed by atoms with E-state index in [-0.39, 0.29) is 0 Å². The van der Waals surface area contributed by atoms with Crippen LogP contribution in [0.25, 0.3) is 0 Å². The van der Waals surface area contributed by atoms with E-state index in [9.17, 15) is 0 Å². The van der Waals surface area contributed by atoms with Crippen LogP contribution in [-0.4, -0.2) is 24.2 Å². The highest BCUT2D eigenvalue weighted by Gasteiger charge is 2.06. The summed E-state index contributed by atoms with van der Waals surface area (Å²) < 4.78 is 5.13. The Labute approximate surface area is 135 Å². The van der Waals surface area contributed by atoms with Crippen LogP contribution >= 0.6 is 23.8 Å². The van der Waals surface area contributed by atoms with E-state index in [4.69, 9.17) is 28.6 Å². The Bertz CT molecular complexity index is 599. The maximum absolute atomic E-state index is 5.88. The maximum atomic E-state index is 5.88. The van der Waals surface area contributed by atoms with Gasteiger partial charge in [0.25, 0.3) is 0 Å². The van der Waals surface area contributed by atoms with E-state index in [1.165, 1.54) is 0 Å². The van der Waals surface area contributed by atoms with Crippen LogP contribution in [0.3, 0.4) is 0 Å². The molecule has 0 aliphatic carbocycles. The number of nitrogens with zero attached hydrogens (tertiary/aromatic N) is 1. The highest BCUT2D eigenvalue weighted by molar-refractivity contribution is 7.80. The number of anilines is 1. The summed E-state index contributed by atoms with van der Waals surface area (Å²) in [6, 6.07) is 15.4. The largest absolute Gasteiger partial charge is 0.497 e. The van der Waals surface area contributed by atoms with Crippen molar-refractivity contribution in [3.05, 3.63) is 59.1 Å². The first-order valence-electron chi connectivity index (χ1n) is 6.49. The van der Waals surface area contributed by atoms with Crippen LogP contribution in [0, 0.1) is 0 Å². The molecule has 2 aromatic carbocycles. The van der Waals surface area contributed by atoms with Crippen LogP contribution in [0.5, 0.6) is 5.75 Å². The summed E-state index contributed by atoms with van der Waals surface area (Å²) >= 11 is 11.3. The van der Waals surface area contributed by atoms with Crippen molar-refractivity contribution in [1.82, 2.24) is 4.90 Å². The summed E-state index contributed by atoms with van der Waals surface area (Å²) in [5, 5.41) is 4.60. The molecule has 0 atom stereocenters. The fourth-order valence-corrected chi connectivity index (χ4v) is 2.14. The third kappa shape index (κ3) is 4.62. The zero-order valence-electron chi connectivity index (χ0n) is 12.0. The van der Waals surface area contributed by atoms with Crippen molar-refractivity contribution in [2.24, 2.45) is 0 Å². The molecule has 0 aromatic heterocycles. The first-order chi connectivity index (χ1) is 10.1. The minimum atomic E-state index is 0.662. The molecule has 0 saturated carbocycles. The molecule has 0 heterocycles. The molecule has 2 rings (SSSR count). The molecule has 21 heavy (non-hydrogen) atoms. The maximum Gasteiger partial charge on any atom is 0.173 e. The molecule has 0 bridgehead atoms. The topological polar surface area (TPSA) is 24.5 Å². The van der Waals surface area contributed by atoms with Crippen LogP contribution in [-0.2, 0) is 6.54 Å².